The van der Waals surface area contributed by atoms with Crippen LogP contribution in [0, 0.1) is 0 Å². The Labute approximate surface area is 114 Å². The van der Waals surface area contributed by atoms with Crippen LogP contribution >= 0.6 is 27.5 Å². The van der Waals surface area contributed by atoms with E-state index in [0.717, 1.165) is 4.31 Å². The number of rotatable bonds is 4. The molecule has 1 atom stereocenters. The van der Waals surface area contributed by atoms with Gasteiger partial charge in [-0.05, 0) is 25.1 Å². The van der Waals surface area contributed by atoms with Crippen molar-refractivity contribution in [2.75, 3.05) is 13.7 Å². The number of hydrogen-bond donors (Lipinski definition) is 1. The van der Waals surface area contributed by atoms with Crippen molar-refractivity contribution >= 4 is 37.6 Å². The normalized spacial score (nSPS) is 14.0. The number of aliphatic hydroxyl groups excluding tert-OH is 1. The number of likely N-dealkylation sites (N-methyl/N-ethyl adjacent to an activating group) is 1. The highest BCUT2D eigenvalue weighted by atomic mass is 79.9. The third-order valence-corrected chi connectivity index (χ3v) is 5.38. The Morgan fingerprint density at radius 1 is 1.53 bits per heavy atom. The van der Waals surface area contributed by atoms with Gasteiger partial charge in [-0.15, -0.1) is 0 Å². The first-order chi connectivity index (χ1) is 7.80. The summed E-state index contributed by atoms with van der Waals surface area (Å²) >= 11 is 9.12. The molecule has 0 amide bonds. The van der Waals surface area contributed by atoms with E-state index in [1.165, 1.54) is 19.2 Å². The fraction of sp³-hybridized carbons (Fsp3) is 0.400. The average Bonchev–Trinajstić information content (AvgIpc) is 2.26. The summed E-state index contributed by atoms with van der Waals surface area (Å²) < 4.78 is 26.2. The molecule has 1 aromatic rings. The highest BCUT2D eigenvalue weighted by Crippen LogP contribution is 2.27. The molecular formula is C10H13BrClNO3S. The molecule has 0 heterocycles. The second kappa shape index (κ2) is 5.67. The molecule has 0 spiro atoms. The molecule has 0 saturated heterocycles. The molecule has 0 bridgehead atoms. The molecule has 1 unspecified atom stereocenters. The number of benzene rings is 1. The topological polar surface area (TPSA) is 57.6 Å². The smallest absolute Gasteiger partial charge is 0.244 e. The fourth-order valence-electron chi connectivity index (χ4n) is 1.19. The van der Waals surface area contributed by atoms with Crippen LogP contribution in [-0.4, -0.2) is 37.5 Å². The Balaban J connectivity index is 3.22. The molecule has 0 aromatic heterocycles. The molecule has 0 aliphatic heterocycles. The Bertz CT molecular complexity index is 506. The van der Waals surface area contributed by atoms with Crippen LogP contribution in [0.25, 0.3) is 0 Å². The quantitative estimate of drug-likeness (QED) is 0.911. The first kappa shape index (κ1) is 14.9. The van der Waals surface area contributed by atoms with Crippen molar-refractivity contribution < 1.29 is 13.5 Å². The minimum atomic E-state index is -3.68. The van der Waals surface area contributed by atoms with Gasteiger partial charge in [-0.3, -0.25) is 0 Å². The third-order valence-electron chi connectivity index (χ3n) is 2.44. The number of sulfonamides is 1. The van der Waals surface area contributed by atoms with E-state index in [1.807, 2.05) is 0 Å². The van der Waals surface area contributed by atoms with Gasteiger partial charge >= 0.3 is 0 Å². The van der Waals surface area contributed by atoms with Crippen molar-refractivity contribution in [1.29, 1.82) is 0 Å². The molecule has 17 heavy (non-hydrogen) atoms. The van der Waals surface area contributed by atoms with Gasteiger partial charge in [0, 0.05) is 17.6 Å². The monoisotopic (exact) mass is 341 g/mol. The fourth-order valence-corrected chi connectivity index (χ4v) is 3.55. The minimum Gasteiger partial charge on any atom is -0.395 e. The van der Waals surface area contributed by atoms with Crippen molar-refractivity contribution in [2.45, 2.75) is 17.9 Å². The van der Waals surface area contributed by atoms with E-state index < -0.39 is 16.1 Å². The molecule has 0 aliphatic carbocycles. The number of halogens is 2. The SMILES string of the molecule is CC(CO)N(C)S(=O)(=O)c1ccc(Br)cc1Cl. The molecule has 0 radical (unpaired) electrons. The van der Waals surface area contributed by atoms with Crippen LogP contribution in [0.4, 0.5) is 0 Å². The van der Waals surface area contributed by atoms with Crippen LogP contribution in [0.2, 0.25) is 5.02 Å². The predicted molar refractivity (Wildman–Crippen MR) is 70.6 cm³/mol. The van der Waals surface area contributed by atoms with Crippen LogP contribution in [-0.2, 0) is 10.0 Å². The van der Waals surface area contributed by atoms with Gasteiger partial charge in [0.15, 0.2) is 0 Å². The molecule has 4 nitrogen and oxygen atoms in total. The van der Waals surface area contributed by atoms with E-state index in [-0.39, 0.29) is 16.5 Å². The van der Waals surface area contributed by atoms with Gasteiger partial charge in [-0.2, -0.15) is 4.31 Å². The van der Waals surface area contributed by atoms with Crippen molar-refractivity contribution in [3.8, 4) is 0 Å². The maximum Gasteiger partial charge on any atom is 0.244 e. The molecule has 1 aromatic carbocycles. The summed E-state index contributed by atoms with van der Waals surface area (Å²) in [5.74, 6) is 0. The average molecular weight is 343 g/mol. The molecule has 0 saturated carbocycles. The van der Waals surface area contributed by atoms with Gasteiger partial charge in [-0.1, -0.05) is 27.5 Å². The van der Waals surface area contributed by atoms with Crippen molar-refractivity contribution in [2.24, 2.45) is 0 Å². The lowest BCUT2D eigenvalue weighted by atomic mass is 10.4. The van der Waals surface area contributed by atoms with Gasteiger partial charge in [-0.25, -0.2) is 8.42 Å². The molecular weight excluding hydrogens is 330 g/mol. The lowest BCUT2D eigenvalue weighted by molar-refractivity contribution is 0.214. The largest absolute Gasteiger partial charge is 0.395 e. The molecule has 0 fully saturated rings. The summed E-state index contributed by atoms with van der Waals surface area (Å²) in [7, 11) is -2.27. The Hall–Kier alpha value is -0.140. The maximum absolute atomic E-state index is 12.2. The standard InChI is InChI=1S/C10H13BrClNO3S/c1-7(6-14)13(2)17(15,16)10-4-3-8(11)5-9(10)12/h3-5,7,14H,6H2,1-2H3. The van der Waals surface area contributed by atoms with Crippen LogP contribution in [0.5, 0.6) is 0 Å². The Kier molecular flexibility index (Phi) is 4.97. The van der Waals surface area contributed by atoms with E-state index in [2.05, 4.69) is 15.9 Å². The van der Waals surface area contributed by atoms with Crippen molar-refractivity contribution in [3.05, 3.63) is 27.7 Å². The summed E-state index contributed by atoms with van der Waals surface area (Å²) in [5.41, 5.74) is 0. The van der Waals surface area contributed by atoms with E-state index in [0.29, 0.717) is 4.47 Å². The van der Waals surface area contributed by atoms with E-state index in [1.54, 1.807) is 13.0 Å². The van der Waals surface area contributed by atoms with Gasteiger partial charge in [0.05, 0.1) is 11.6 Å². The highest BCUT2D eigenvalue weighted by molar-refractivity contribution is 9.10. The Morgan fingerprint density at radius 2 is 2.12 bits per heavy atom. The molecule has 0 aliphatic rings. The number of aliphatic hydroxyl groups is 1. The number of nitrogens with zero attached hydrogens (tertiary/aromatic N) is 1. The summed E-state index contributed by atoms with van der Waals surface area (Å²) in [6.45, 7) is 1.37. The Morgan fingerprint density at radius 3 is 2.59 bits per heavy atom. The van der Waals surface area contributed by atoms with Crippen LogP contribution in [0.15, 0.2) is 27.6 Å². The number of hydrogen-bond acceptors (Lipinski definition) is 3. The van der Waals surface area contributed by atoms with Crippen LogP contribution < -0.4 is 0 Å². The maximum atomic E-state index is 12.2. The second-order valence-electron chi connectivity index (χ2n) is 3.63. The zero-order chi connectivity index (χ0) is 13.2. The van der Waals surface area contributed by atoms with E-state index in [4.69, 9.17) is 16.7 Å². The van der Waals surface area contributed by atoms with Gasteiger partial charge in [0.2, 0.25) is 10.0 Å². The molecule has 96 valence electrons. The predicted octanol–water partition coefficient (Wildman–Crippen LogP) is 2.10. The zero-order valence-corrected chi connectivity index (χ0v) is 12.6. The second-order valence-corrected chi connectivity index (χ2v) is 6.92. The first-order valence-electron chi connectivity index (χ1n) is 4.84. The van der Waals surface area contributed by atoms with Crippen molar-refractivity contribution in [3.63, 3.8) is 0 Å². The van der Waals surface area contributed by atoms with Gasteiger partial charge in [0.1, 0.15) is 4.90 Å². The van der Waals surface area contributed by atoms with Crippen LogP contribution in [0.3, 0.4) is 0 Å². The summed E-state index contributed by atoms with van der Waals surface area (Å²) in [5, 5.41) is 9.13. The van der Waals surface area contributed by atoms with E-state index >= 15 is 0 Å². The lowest BCUT2D eigenvalue weighted by Crippen LogP contribution is -2.37. The molecule has 1 rings (SSSR count). The minimum absolute atomic E-state index is 0.0326. The van der Waals surface area contributed by atoms with Gasteiger partial charge < -0.3 is 5.11 Å². The van der Waals surface area contributed by atoms with Crippen LogP contribution in [0.1, 0.15) is 6.92 Å². The highest BCUT2D eigenvalue weighted by Gasteiger charge is 2.26. The van der Waals surface area contributed by atoms with E-state index in [9.17, 15) is 8.42 Å². The van der Waals surface area contributed by atoms with Crippen molar-refractivity contribution in [1.82, 2.24) is 4.31 Å². The molecule has 1 N–H and O–H groups in total. The zero-order valence-electron chi connectivity index (χ0n) is 9.39. The summed E-state index contributed by atoms with van der Waals surface area (Å²) in [4.78, 5) is 0.0326. The molecule has 7 heteroatoms. The third kappa shape index (κ3) is 3.20. The first-order valence-corrected chi connectivity index (χ1v) is 7.45. The summed E-state index contributed by atoms with van der Waals surface area (Å²) in [6.07, 6.45) is 0. The van der Waals surface area contributed by atoms with Gasteiger partial charge in [0.25, 0.3) is 0 Å². The summed E-state index contributed by atoms with van der Waals surface area (Å²) in [6, 6.07) is 4.06. The lowest BCUT2D eigenvalue weighted by Gasteiger charge is -2.23.